The van der Waals surface area contributed by atoms with E-state index in [1.807, 2.05) is 37.3 Å². The Kier molecular flexibility index (Phi) is 5.04. The summed E-state index contributed by atoms with van der Waals surface area (Å²) in [7, 11) is 0. The lowest BCUT2D eigenvalue weighted by Gasteiger charge is -2.23. The highest BCUT2D eigenvalue weighted by molar-refractivity contribution is 5.92. The van der Waals surface area contributed by atoms with Gasteiger partial charge in [0.15, 0.2) is 5.76 Å². The Labute approximate surface area is 125 Å². The number of para-hydroxylation sites is 1. The van der Waals surface area contributed by atoms with E-state index >= 15 is 0 Å². The molecule has 1 atom stereocenters. The molecule has 1 aromatic heterocycles. The first-order valence-electron chi connectivity index (χ1n) is 7.22. The monoisotopic (exact) mass is 286 g/mol. The fourth-order valence-electron chi connectivity index (χ4n) is 2.09. The Balaban J connectivity index is 1.95. The topological polar surface area (TPSA) is 54.3 Å². The van der Waals surface area contributed by atoms with Crippen molar-refractivity contribution in [1.29, 1.82) is 0 Å². The van der Waals surface area contributed by atoms with E-state index in [1.54, 1.807) is 6.07 Å². The van der Waals surface area contributed by atoms with Gasteiger partial charge in [-0.25, -0.2) is 0 Å². The summed E-state index contributed by atoms with van der Waals surface area (Å²) >= 11 is 0. The number of furan rings is 1. The number of aryl methyl sites for hydroxylation is 1. The molecule has 21 heavy (non-hydrogen) atoms. The predicted octanol–water partition coefficient (Wildman–Crippen LogP) is 3.45. The Bertz CT molecular complexity index is 575. The van der Waals surface area contributed by atoms with E-state index in [1.165, 1.54) is 6.26 Å². The molecule has 1 aromatic carbocycles. The predicted molar refractivity (Wildman–Crippen MR) is 84.5 cm³/mol. The molecule has 0 radical (unpaired) electrons. The van der Waals surface area contributed by atoms with E-state index in [-0.39, 0.29) is 11.9 Å². The van der Waals surface area contributed by atoms with Crippen LogP contribution in [0.15, 0.2) is 47.1 Å². The van der Waals surface area contributed by atoms with Crippen LogP contribution in [0.4, 0.5) is 5.69 Å². The average Bonchev–Trinajstić information content (AvgIpc) is 2.90. The third-order valence-corrected chi connectivity index (χ3v) is 3.48. The standard InChI is InChI=1S/C17H22N2O2/c1-12(2)15(19-14-7-5-4-6-8-14)11-18-17(20)16-13(3)9-10-21-16/h4-10,12,15,19H,11H2,1-3H3,(H,18,20). The highest BCUT2D eigenvalue weighted by Crippen LogP contribution is 2.13. The molecule has 0 aliphatic rings. The molecule has 112 valence electrons. The summed E-state index contributed by atoms with van der Waals surface area (Å²) in [6.45, 7) is 6.67. The first-order valence-corrected chi connectivity index (χ1v) is 7.22. The van der Waals surface area contributed by atoms with Crippen LogP contribution >= 0.6 is 0 Å². The number of carbonyl (C=O) groups is 1. The fourth-order valence-corrected chi connectivity index (χ4v) is 2.09. The number of rotatable bonds is 6. The van der Waals surface area contributed by atoms with Gasteiger partial charge in [0.1, 0.15) is 0 Å². The molecule has 4 heteroatoms. The van der Waals surface area contributed by atoms with Gasteiger partial charge < -0.3 is 15.1 Å². The van der Waals surface area contributed by atoms with Gasteiger partial charge in [-0.15, -0.1) is 0 Å². The van der Waals surface area contributed by atoms with Crippen molar-refractivity contribution in [2.45, 2.75) is 26.8 Å². The zero-order valence-electron chi connectivity index (χ0n) is 12.7. The maximum atomic E-state index is 12.1. The molecule has 1 amide bonds. The minimum absolute atomic E-state index is 0.159. The molecule has 4 nitrogen and oxygen atoms in total. The van der Waals surface area contributed by atoms with E-state index in [9.17, 15) is 4.79 Å². The summed E-state index contributed by atoms with van der Waals surface area (Å²) < 4.78 is 5.20. The molecule has 1 heterocycles. The van der Waals surface area contributed by atoms with Crippen molar-refractivity contribution in [3.8, 4) is 0 Å². The van der Waals surface area contributed by atoms with E-state index in [2.05, 4.69) is 24.5 Å². The average molecular weight is 286 g/mol. The third-order valence-electron chi connectivity index (χ3n) is 3.48. The summed E-state index contributed by atoms with van der Waals surface area (Å²) in [5.74, 6) is 0.610. The van der Waals surface area contributed by atoms with Crippen molar-refractivity contribution < 1.29 is 9.21 Å². The molecule has 2 N–H and O–H groups in total. The number of nitrogens with one attached hydrogen (secondary N) is 2. The lowest BCUT2D eigenvalue weighted by molar-refractivity contribution is 0.0921. The number of hydrogen-bond donors (Lipinski definition) is 2. The maximum absolute atomic E-state index is 12.1. The van der Waals surface area contributed by atoms with Crippen molar-refractivity contribution in [3.05, 3.63) is 54.0 Å². The minimum Gasteiger partial charge on any atom is -0.459 e. The molecule has 0 aliphatic carbocycles. The lowest BCUT2D eigenvalue weighted by Crippen LogP contribution is -2.39. The molecule has 0 spiro atoms. The van der Waals surface area contributed by atoms with Crippen molar-refractivity contribution in [2.75, 3.05) is 11.9 Å². The molecule has 2 aromatic rings. The van der Waals surface area contributed by atoms with Crippen LogP contribution in [0.2, 0.25) is 0 Å². The van der Waals surface area contributed by atoms with Crippen molar-refractivity contribution >= 4 is 11.6 Å². The van der Waals surface area contributed by atoms with Gasteiger partial charge in [-0.05, 0) is 31.0 Å². The summed E-state index contributed by atoms with van der Waals surface area (Å²) in [4.78, 5) is 12.1. The van der Waals surface area contributed by atoms with Crippen LogP contribution < -0.4 is 10.6 Å². The number of benzene rings is 1. The van der Waals surface area contributed by atoms with Crippen LogP contribution in [-0.4, -0.2) is 18.5 Å². The highest BCUT2D eigenvalue weighted by Gasteiger charge is 2.17. The van der Waals surface area contributed by atoms with Crippen LogP contribution in [0, 0.1) is 12.8 Å². The van der Waals surface area contributed by atoms with Gasteiger partial charge in [0.2, 0.25) is 0 Å². The number of carbonyl (C=O) groups excluding carboxylic acids is 1. The zero-order chi connectivity index (χ0) is 15.2. The molecule has 1 unspecified atom stereocenters. The molecule has 0 saturated carbocycles. The van der Waals surface area contributed by atoms with Crippen molar-refractivity contribution in [3.63, 3.8) is 0 Å². The van der Waals surface area contributed by atoms with E-state index in [0.717, 1.165) is 11.3 Å². The SMILES string of the molecule is Cc1ccoc1C(=O)NCC(Nc1ccccc1)C(C)C. The Morgan fingerprint density at radius 2 is 1.90 bits per heavy atom. The maximum Gasteiger partial charge on any atom is 0.287 e. The summed E-state index contributed by atoms with van der Waals surface area (Å²) in [5, 5.41) is 6.38. The highest BCUT2D eigenvalue weighted by atomic mass is 16.3. The molecule has 0 fully saturated rings. The van der Waals surface area contributed by atoms with E-state index in [4.69, 9.17) is 4.42 Å². The van der Waals surface area contributed by atoms with Crippen LogP contribution in [0.25, 0.3) is 0 Å². The summed E-state index contributed by atoms with van der Waals surface area (Å²) in [6, 6.07) is 12.0. The first-order chi connectivity index (χ1) is 10.1. The van der Waals surface area contributed by atoms with Crippen LogP contribution in [0.3, 0.4) is 0 Å². The second kappa shape index (κ2) is 6.97. The van der Waals surface area contributed by atoms with E-state index < -0.39 is 0 Å². The zero-order valence-corrected chi connectivity index (χ0v) is 12.7. The van der Waals surface area contributed by atoms with E-state index in [0.29, 0.717) is 18.2 Å². The second-order valence-electron chi connectivity index (χ2n) is 5.50. The van der Waals surface area contributed by atoms with Crippen LogP contribution in [0.1, 0.15) is 30.0 Å². The van der Waals surface area contributed by atoms with Crippen LogP contribution in [-0.2, 0) is 0 Å². The molecular formula is C17H22N2O2. The normalized spacial score (nSPS) is 12.2. The molecule has 0 bridgehead atoms. The van der Waals surface area contributed by atoms with Crippen molar-refractivity contribution in [2.24, 2.45) is 5.92 Å². The van der Waals surface area contributed by atoms with Gasteiger partial charge in [-0.2, -0.15) is 0 Å². The molecule has 0 saturated heterocycles. The quantitative estimate of drug-likeness (QED) is 0.855. The molecular weight excluding hydrogens is 264 g/mol. The van der Waals surface area contributed by atoms with Gasteiger partial charge in [0.25, 0.3) is 5.91 Å². The Morgan fingerprint density at radius 3 is 2.48 bits per heavy atom. The molecule has 0 aliphatic heterocycles. The van der Waals surface area contributed by atoms with Crippen LogP contribution in [0.5, 0.6) is 0 Å². The number of amides is 1. The molecule has 2 rings (SSSR count). The van der Waals surface area contributed by atoms with Crippen molar-refractivity contribution in [1.82, 2.24) is 5.32 Å². The number of anilines is 1. The summed E-state index contributed by atoms with van der Waals surface area (Å²) in [6.07, 6.45) is 1.53. The van der Waals surface area contributed by atoms with Gasteiger partial charge in [0, 0.05) is 23.8 Å². The van der Waals surface area contributed by atoms with Gasteiger partial charge in [-0.1, -0.05) is 32.0 Å². The fraction of sp³-hybridized carbons (Fsp3) is 0.353. The Hall–Kier alpha value is -2.23. The minimum atomic E-state index is -0.169. The third kappa shape index (κ3) is 4.12. The largest absolute Gasteiger partial charge is 0.459 e. The Morgan fingerprint density at radius 1 is 1.19 bits per heavy atom. The lowest BCUT2D eigenvalue weighted by atomic mass is 10.0. The first kappa shape index (κ1) is 15.2. The smallest absolute Gasteiger partial charge is 0.287 e. The number of hydrogen-bond acceptors (Lipinski definition) is 3. The van der Waals surface area contributed by atoms with Gasteiger partial charge in [-0.3, -0.25) is 4.79 Å². The van der Waals surface area contributed by atoms with Gasteiger partial charge in [0.05, 0.1) is 6.26 Å². The second-order valence-corrected chi connectivity index (χ2v) is 5.50. The van der Waals surface area contributed by atoms with Gasteiger partial charge >= 0.3 is 0 Å². The summed E-state index contributed by atoms with van der Waals surface area (Å²) in [5.41, 5.74) is 1.91.